The summed E-state index contributed by atoms with van der Waals surface area (Å²) in [5.41, 5.74) is -0.0147. The zero-order valence-corrected chi connectivity index (χ0v) is 14.2. The van der Waals surface area contributed by atoms with Gasteiger partial charge in [0.2, 0.25) is 6.79 Å². The molecule has 0 radical (unpaired) electrons. The first-order valence-electron chi connectivity index (χ1n) is 8.12. The van der Waals surface area contributed by atoms with E-state index in [1.807, 2.05) is 0 Å². The summed E-state index contributed by atoms with van der Waals surface area (Å²) in [6.07, 6.45) is 0.331. The van der Waals surface area contributed by atoms with E-state index < -0.39 is 23.1 Å². The van der Waals surface area contributed by atoms with Crippen molar-refractivity contribution >= 4 is 17.7 Å². The van der Waals surface area contributed by atoms with Gasteiger partial charge in [-0.05, 0) is 25.8 Å². The van der Waals surface area contributed by atoms with Crippen LogP contribution in [0.3, 0.4) is 0 Å². The first kappa shape index (κ1) is 19.3. The monoisotopic (exact) mass is 368 g/mol. The number of aliphatic carboxylic acids is 1. The SMILES string of the molecule is CC(OC(=O)NCCCCCC(=O)O)c1cc2c(cc1[N+](=O)[O-])OCO2. The summed E-state index contributed by atoms with van der Waals surface area (Å²) < 4.78 is 15.5. The maximum absolute atomic E-state index is 11.8. The lowest BCUT2D eigenvalue weighted by molar-refractivity contribution is -0.386. The molecule has 2 rings (SSSR count). The molecule has 0 saturated carbocycles. The third-order valence-electron chi connectivity index (χ3n) is 3.78. The highest BCUT2D eigenvalue weighted by atomic mass is 16.7. The van der Waals surface area contributed by atoms with Gasteiger partial charge in [0.05, 0.1) is 16.6 Å². The Morgan fingerprint density at radius 3 is 2.65 bits per heavy atom. The predicted octanol–water partition coefficient (Wildman–Crippen LogP) is 2.76. The molecule has 142 valence electrons. The largest absolute Gasteiger partial charge is 0.481 e. The number of carboxylic acid groups (broad SMARTS) is 1. The lowest BCUT2D eigenvalue weighted by Gasteiger charge is -2.15. The number of nitrogens with one attached hydrogen (secondary N) is 1. The number of fused-ring (bicyclic) bond motifs is 1. The molecule has 1 heterocycles. The standard InChI is InChI=1S/C16H20N2O8/c1-10(26-16(21)17-6-4-2-3-5-15(19)20)11-7-13-14(25-9-24-13)8-12(11)18(22)23/h7-8,10H,2-6,9H2,1H3,(H,17,21)(H,19,20). The summed E-state index contributed by atoms with van der Waals surface area (Å²) in [7, 11) is 0. The van der Waals surface area contributed by atoms with Crippen molar-refractivity contribution in [2.75, 3.05) is 13.3 Å². The summed E-state index contributed by atoms with van der Waals surface area (Å²) in [5, 5.41) is 22.3. The predicted molar refractivity (Wildman–Crippen MR) is 88.2 cm³/mol. The lowest BCUT2D eigenvalue weighted by atomic mass is 10.1. The Morgan fingerprint density at radius 1 is 1.31 bits per heavy atom. The van der Waals surface area contributed by atoms with Gasteiger partial charge in [0.15, 0.2) is 11.5 Å². The minimum absolute atomic E-state index is 0.0203. The van der Waals surface area contributed by atoms with Crippen LogP contribution >= 0.6 is 0 Å². The quantitative estimate of drug-likeness (QED) is 0.385. The van der Waals surface area contributed by atoms with Gasteiger partial charge >= 0.3 is 12.1 Å². The maximum Gasteiger partial charge on any atom is 0.407 e. The summed E-state index contributed by atoms with van der Waals surface area (Å²) in [5.74, 6) is -0.213. The fourth-order valence-electron chi connectivity index (χ4n) is 2.46. The molecular formula is C16H20N2O8. The summed E-state index contributed by atoms with van der Waals surface area (Å²) in [4.78, 5) is 32.9. The third-order valence-corrected chi connectivity index (χ3v) is 3.78. The van der Waals surface area contributed by atoms with Crippen molar-refractivity contribution in [3.8, 4) is 11.5 Å². The molecular weight excluding hydrogens is 348 g/mol. The fourth-order valence-corrected chi connectivity index (χ4v) is 2.46. The number of rotatable bonds is 9. The van der Waals surface area contributed by atoms with Crippen molar-refractivity contribution in [1.82, 2.24) is 5.32 Å². The topological polar surface area (TPSA) is 137 Å². The van der Waals surface area contributed by atoms with Crippen LogP contribution in [-0.2, 0) is 9.53 Å². The highest BCUT2D eigenvalue weighted by Crippen LogP contribution is 2.40. The first-order chi connectivity index (χ1) is 12.4. The number of hydrogen-bond acceptors (Lipinski definition) is 7. The molecule has 1 aliphatic heterocycles. The van der Waals surface area contributed by atoms with E-state index in [0.29, 0.717) is 31.6 Å². The maximum atomic E-state index is 11.8. The molecule has 0 aliphatic carbocycles. The molecule has 0 fully saturated rings. The van der Waals surface area contributed by atoms with Gasteiger partial charge in [0, 0.05) is 13.0 Å². The molecule has 1 atom stereocenters. The number of carbonyl (C=O) groups is 2. The number of amides is 1. The molecule has 1 unspecified atom stereocenters. The normalized spacial score (nSPS) is 13.1. The van der Waals surface area contributed by atoms with Gasteiger partial charge in [0.1, 0.15) is 6.10 Å². The number of hydrogen-bond donors (Lipinski definition) is 2. The van der Waals surface area contributed by atoms with Crippen molar-refractivity contribution in [1.29, 1.82) is 0 Å². The van der Waals surface area contributed by atoms with Crippen LogP contribution in [0.2, 0.25) is 0 Å². The molecule has 0 bridgehead atoms. The molecule has 10 nitrogen and oxygen atoms in total. The number of nitro benzene ring substituents is 1. The molecule has 1 amide bonds. The third kappa shape index (κ3) is 5.23. The Morgan fingerprint density at radius 2 is 2.00 bits per heavy atom. The van der Waals surface area contributed by atoms with Crippen molar-refractivity contribution < 1.29 is 33.8 Å². The summed E-state index contributed by atoms with van der Waals surface area (Å²) in [6.45, 7) is 1.83. The van der Waals surface area contributed by atoms with Crippen LogP contribution in [-0.4, -0.2) is 35.4 Å². The van der Waals surface area contributed by atoms with Crippen LogP contribution in [0.5, 0.6) is 11.5 Å². The van der Waals surface area contributed by atoms with Crippen LogP contribution < -0.4 is 14.8 Å². The Kier molecular flexibility index (Phi) is 6.59. The zero-order valence-electron chi connectivity index (χ0n) is 14.2. The van der Waals surface area contributed by atoms with E-state index in [1.54, 1.807) is 0 Å². The second-order valence-electron chi connectivity index (χ2n) is 5.70. The van der Waals surface area contributed by atoms with Crippen LogP contribution in [0.4, 0.5) is 10.5 Å². The van der Waals surface area contributed by atoms with E-state index in [-0.39, 0.29) is 30.2 Å². The van der Waals surface area contributed by atoms with Gasteiger partial charge in [-0.2, -0.15) is 0 Å². The minimum atomic E-state index is -0.864. The Bertz CT molecular complexity index is 691. The van der Waals surface area contributed by atoms with E-state index in [1.165, 1.54) is 19.1 Å². The number of unbranched alkanes of at least 4 members (excludes halogenated alkanes) is 2. The molecule has 0 aromatic heterocycles. The van der Waals surface area contributed by atoms with Gasteiger partial charge in [-0.3, -0.25) is 14.9 Å². The molecule has 26 heavy (non-hydrogen) atoms. The van der Waals surface area contributed by atoms with Gasteiger partial charge in [-0.15, -0.1) is 0 Å². The minimum Gasteiger partial charge on any atom is -0.481 e. The van der Waals surface area contributed by atoms with E-state index in [2.05, 4.69) is 5.32 Å². The number of nitrogens with zero attached hydrogens (tertiary/aromatic N) is 1. The van der Waals surface area contributed by atoms with E-state index in [9.17, 15) is 19.7 Å². The Labute approximate surface area is 149 Å². The van der Waals surface area contributed by atoms with E-state index in [0.717, 1.165) is 0 Å². The smallest absolute Gasteiger partial charge is 0.407 e. The number of ether oxygens (including phenoxy) is 3. The molecule has 1 aromatic carbocycles. The lowest BCUT2D eigenvalue weighted by Crippen LogP contribution is -2.26. The number of alkyl carbamates (subject to hydrolysis) is 1. The molecule has 10 heteroatoms. The average Bonchev–Trinajstić information content (AvgIpc) is 3.03. The Balaban J connectivity index is 1.87. The molecule has 0 saturated heterocycles. The van der Waals surface area contributed by atoms with Crippen molar-refractivity contribution in [2.24, 2.45) is 0 Å². The van der Waals surface area contributed by atoms with Gasteiger partial charge in [-0.25, -0.2) is 4.79 Å². The van der Waals surface area contributed by atoms with Crippen LogP contribution in [0.15, 0.2) is 12.1 Å². The highest BCUT2D eigenvalue weighted by Gasteiger charge is 2.27. The number of nitro groups is 1. The van der Waals surface area contributed by atoms with Gasteiger partial charge < -0.3 is 24.6 Å². The number of benzene rings is 1. The summed E-state index contributed by atoms with van der Waals surface area (Å²) in [6, 6.07) is 2.68. The van der Waals surface area contributed by atoms with Crippen molar-refractivity contribution in [3.05, 3.63) is 27.8 Å². The second-order valence-corrected chi connectivity index (χ2v) is 5.70. The van der Waals surface area contributed by atoms with Crippen LogP contribution in [0.25, 0.3) is 0 Å². The van der Waals surface area contributed by atoms with Gasteiger partial charge in [-0.1, -0.05) is 6.42 Å². The van der Waals surface area contributed by atoms with Crippen molar-refractivity contribution in [3.63, 3.8) is 0 Å². The fraction of sp³-hybridized carbons (Fsp3) is 0.500. The zero-order chi connectivity index (χ0) is 19.1. The number of carboxylic acids is 1. The van der Waals surface area contributed by atoms with Crippen molar-refractivity contribution in [2.45, 2.75) is 38.7 Å². The number of carbonyl (C=O) groups excluding carboxylic acids is 1. The second kappa shape index (κ2) is 8.88. The van der Waals surface area contributed by atoms with Gasteiger partial charge in [0.25, 0.3) is 5.69 Å². The molecule has 2 N–H and O–H groups in total. The van der Waals surface area contributed by atoms with Crippen LogP contribution in [0, 0.1) is 10.1 Å². The molecule has 0 spiro atoms. The molecule has 1 aliphatic rings. The Hall–Kier alpha value is -3.04. The van der Waals surface area contributed by atoms with Crippen LogP contribution in [0.1, 0.15) is 44.3 Å². The summed E-state index contributed by atoms with van der Waals surface area (Å²) >= 11 is 0. The highest BCUT2D eigenvalue weighted by molar-refractivity contribution is 5.68. The van der Waals surface area contributed by atoms with E-state index in [4.69, 9.17) is 19.3 Å². The van der Waals surface area contributed by atoms with E-state index >= 15 is 0 Å². The first-order valence-corrected chi connectivity index (χ1v) is 8.12. The molecule has 1 aromatic rings. The average molecular weight is 368 g/mol.